The molecule has 19 heavy (non-hydrogen) atoms. The van der Waals surface area contributed by atoms with E-state index in [9.17, 15) is 9.18 Å². The van der Waals surface area contributed by atoms with Gasteiger partial charge in [0.05, 0.1) is 14.2 Å². The van der Waals surface area contributed by atoms with Gasteiger partial charge in [-0.05, 0) is 12.1 Å². The van der Waals surface area contributed by atoms with Crippen molar-refractivity contribution < 1.29 is 28.3 Å². The van der Waals surface area contributed by atoms with Crippen LogP contribution in [0.3, 0.4) is 0 Å². The lowest BCUT2D eigenvalue weighted by Gasteiger charge is -2.09. The lowest BCUT2D eigenvalue weighted by Crippen LogP contribution is -1.96. The first kappa shape index (κ1) is 12.9. The topological polar surface area (TPSA) is 81.8 Å². The molecule has 2 rings (SSSR count). The first-order valence-electron chi connectivity index (χ1n) is 5.19. The number of halogens is 1. The highest BCUT2D eigenvalue weighted by molar-refractivity contribution is 5.86. The van der Waals surface area contributed by atoms with Crippen molar-refractivity contribution in [3.05, 3.63) is 29.8 Å². The van der Waals surface area contributed by atoms with Gasteiger partial charge in [0, 0.05) is 11.6 Å². The van der Waals surface area contributed by atoms with Gasteiger partial charge in [0.25, 0.3) is 0 Å². The predicted molar refractivity (Wildman–Crippen MR) is 62.0 cm³/mol. The highest BCUT2D eigenvalue weighted by Crippen LogP contribution is 2.36. The second-order valence-corrected chi connectivity index (χ2v) is 3.54. The van der Waals surface area contributed by atoms with Gasteiger partial charge in [-0.3, -0.25) is 0 Å². The van der Waals surface area contributed by atoms with Crippen molar-refractivity contribution in [1.82, 2.24) is 5.16 Å². The van der Waals surface area contributed by atoms with Gasteiger partial charge in [0.1, 0.15) is 5.69 Å². The highest BCUT2D eigenvalue weighted by atomic mass is 19.1. The Morgan fingerprint density at radius 3 is 2.63 bits per heavy atom. The molecular formula is C12H10FNO5. The number of methoxy groups -OCH3 is 2. The summed E-state index contributed by atoms with van der Waals surface area (Å²) in [5.74, 6) is -2.37. The standard InChI is InChI=1S/C12H10FNO5/c1-17-8-4-3-6(11(18-2)10(8)13)7-5-9(12(15)16)19-14-7/h3-5H,1-2H3,(H,15,16). The fourth-order valence-corrected chi connectivity index (χ4v) is 1.60. The summed E-state index contributed by atoms with van der Waals surface area (Å²) in [7, 11) is 2.62. The van der Waals surface area contributed by atoms with Gasteiger partial charge in [0.2, 0.25) is 11.6 Å². The number of rotatable bonds is 4. The molecule has 2 aromatic rings. The van der Waals surface area contributed by atoms with Gasteiger partial charge in [-0.15, -0.1) is 0 Å². The molecule has 0 atom stereocenters. The number of carboxylic acids is 1. The molecule has 0 aliphatic carbocycles. The van der Waals surface area contributed by atoms with E-state index in [1.54, 1.807) is 0 Å². The summed E-state index contributed by atoms with van der Waals surface area (Å²) in [6.07, 6.45) is 0. The van der Waals surface area contributed by atoms with Crippen LogP contribution >= 0.6 is 0 Å². The van der Waals surface area contributed by atoms with Gasteiger partial charge in [-0.1, -0.05) is 5.16 Å². The molecule has 1 aromatic heterocycles. The second-order valence-electron chi connectivity index (χ2n) is 3.54. The fourth-order valence-electron chi connectivity index (χ4n) is 1.60. The van der Waals surface area contributed by atoms with Crippen molar-refractivity contribution in [3.8, 4) is 22.8 Å². The third kappa shape index (κ3) is 2.22. The molecule has 7 heteroatoms. The zero-order valence-corrected chi connectivity index (χ0v) is 10.1. The van der Waals surface area contributed by atoms with Crippen molar-refractivity contribution >= 4 is 5.97 Å². The van der Waals surface area contributed by atoms with Crippen LogP contribution in [0.2, 0.25) is 0 Å². The van der Waals surface area contributed by atoms with Crippen molar-refractivity contribution in [2.24, 2.45) is 0 Å². The quantitative estimate of drug-likeness (QED) is 0.914. The zero-order valence-electron chi connectivity index (χ0n) is 10.1. The number of nitrogens with zero attached hydrogens (tertiary/aromatic N) is 1. The summed E-state index contributed by atoms with van der Waals surface area (Å²) in [6.45, 7) is 0. The molecular weight excluding hydrogens is 257 g/mol. The number of carbonyl (C=O) groups is 1. The average Bonchev–Trinajstić information content (AvgIpc) is 2.87. The minimum absolute atomic E-state index is 0.0163. The van der Waals surface area contributed by atoms with E-state index in [1.807, 2.05) is 0 Å². The van der Waals surface area contributed by atoms with Crippen LogP contribution in [-0.4, -0.2) is 30.5 Å². The Bertz CT molecular complexity index is 623. The smallest absolute Gasteiger partial charge is 0.374 e. The molecule has 6 nitrogen and oxygen atoms in total. The van der Waals surface area contributed by atoms with Crippen molar-refractivity contribution in [3.63, 3.8) is 0 Å². The summed E-state index contributed by atoms with van der Waals surface area (Å²) in [5, 5.41) is 12.3. The number of hydrogen-bond donors (Lipinski definition) is 1. The summed E-state index contributed by atoms with van der Waals surface area (Å²) < 4.78 is 28.4. The maximum Gasteiger partial charge on any atom is 0.374 e. The van der Waals surface area contributed by atoms with Crippen LogP contribution < -0.4 is 9.47 Å². The Morgan fingerprint density at radius 1 is 1.37 bits per heavy atom. The molecule has 0 radical (unpaired) electrons. The van der Waals surface area contributed by atoms with E-state index in [2.05, 4.69) is 9.68 Å². The molecule has 0 saturated carbocycles. The molecule has 1 N–H and O–H groups in total. The van der Waals surface area contributed by atoms with Crippen LogP contribution in [0.4, 0.5) is 4.39 Å². The monoisotopic (exact) mass is 267 g/mol. The van der Waals surface area contributed by atoms with E-state index in [4.69, 9.17) is 14.6 Å². The summed E-state index contributed by atoms with van der Waals surface area (Å²) in [6, 6.07) is 4.08. The first-order chi connectivity index (χ1) is 9.08. The van der Waals surface area contributed by atoms with Crippen LogP contribution in [0.15, 0.2) is 22.7 Å². The average molecular weight is 267 g/mol. The number of aromatic nitrogens is 1. The maximum absolute atomic E-state index is 14.0. The summed E-state index contributed by atoms with van der Waals surface area (Å²) in [5.41, 5.74) is 0.438. The van der Waals surface area contributed by atoms with E-state index in [-0.39, 0.29) is 28.5 Å². The SMILES string of the molecule is COc1ccc(-c2cc(C(=O)O)on2)c(OC)c1F. The second kappa shape index (κ2) is 4.97. The molecule has 0 spiro atoms. The molecule has 1 heterocycles. The maximum atomic E-state index is 14.0. The van der Waals surface area contributed by atoms with Crippen molar-refractivity contribution in [1.29, 1.82) is 0 Å². The highest BCUT2D eigenvalue weighted by Gasteiger charge is 2.20. The van der Waals surface area contributed by atoms with Crippen LogP contribution in [0.5, 0.6) is 11.5 Å². The Hall–Kier alpha value is -2.57. The van der Waals surface area contributed by atoms with Crippen LogP contribution in [0.25, 0.3) is 11.3 Å². The lowest BCUT2D eigenvalue weighted by molar-refractivity contribution is 0.0652. The van der Waals surface area contributed by atoms with E-state index in [0.717, 1.165) is 0 Å². The molecule has 0 unspecified atom stereocenters. The van der Waals surface area contributed by atoms with E-state index in [1.165, 1.54) is 32.4 Å². The third-order valence-corrected chi connectivity index (χ3v) is 2.48. The number of ether oxygens (including phenoxy) is 2. The fraction of sp³-hybridized carbons (Fsp3) is 0.167. The van der Waals surface area contributed by atoms with Gasteiger partial charge in [-0.25, -0.2) is 4.79 Å². The van der Waals surface area contributed by atoms with E-state index >= 15 is 0 Å². The molecule has 1 aromatic carbocycles. The van der Waals surface area contributed by atoms with Crippen molar-refractivity contribution in [2.45, 2.75) is 0 Å². The molecule has 100 valence electrons. The minimum Gasteiger partial charge on any atom is -0.494 e. The number of aromatic carboxylic acids is 1. The Balaban J connectivity index is 2.55. The summed E-state index contributed by atoms with van der Waals surface area (Å²) >= 11 is 0. The third-order valence-electron chi connectivity index (χ3n) is 2.48. The predicted octanol–water partition coefficient (Wildman–Crippen LogP) is 2.20. The Labute approximate surface area is 107 Å². The minimum atomic E-state index is -1.26. The van der Waals surface area contributed by atoms with Gasteiger partial charge >= 0.3 is 5.97 Å². The molecule has 0 aliphatic rings. The number of hydrogen-bond acceptors (Lipinski definition) is 5. The molecule has 0 saturated heterocycles. The molecule has 0 fully saturated rings. The molecule has 0 bridgehead atoms. The number of carboxylic acid groups (broad SMARTS) is 1. The number of benzene rings is 1. The summed E-state index contributed by atoms with van der Waals surface area (Å²) in [4.78, 5) is 10.7. The largest absolute Gasteiger partial charge is 0.494 e. The first-order valence-corrected chi connectivity index (χ1v) is 5.19. The lowest BCUT2D eigenvalue weighted by atomic mass is 10.1. The van der Waals surface area contributed by atoms with E-state index in [0.29, 0.717) is 0 Å². The Kier molecular flexibility index (Phi) is 3.37. The van der Waals surface area contributed by atoms with Crippen molar-refractivity contribution in [2.75, 3.05) is 14.2 Å². The zero-order chi connectivity index (χ0) is 14.0. The normalized spacial score (nSPS) is 10.3. The van der Waals surface area contributed by atoms with Gasteiger partial charge < -0.3 is 19.1 Å². The van der Waals surface area contributed by atoms with Crippen LogP contribution in [-0.2, 0) is 0 Å². The van der Waals surface area contributed by atoms with E-state index < -0.39 is 11.8 Å². The Morgan fingerprint density at radius 2 is 2.11 bits per heavy atom. The van der Waals surface area contributed by atoms with Gasteiger partial charge in [-0.2, -0.15) is 4.39 Å². The van der Waals surface area contributed by atoms with Crippen LogP contribution in [0.1, 0.15) is 10.6 Å². The molecule has 0 aliphatic heterocycles. The molecule has 0 amide bonds. The van der Waals surface area contributed by atoms with Crippen LogP contribution in [0, 0.1) is 5.82 Å². The van der Waals surface area contributed by atoms with Gasteiger partial charge in [0.15, 0.2) is 11.5 Å².